The van der Waals surface area contributed by atoms with Crippen LogP contribution in [0.3, 0.4) is 0 Å². The van der Waals surface area contributed by atoms with Crippen LogP contribution < -0.4 is 0 Å². The van der Waals surface area contributed by atoms with Gasteiger partial charge in [0.1, 0.15) is 0 Å². The summed E-state index contributed by atoms with van der Waals surface area (Å²) in [6.07, 6.45) is 0.103. The van der Waals surface area contributed by atoms with Crippen LogP contribution in [0.2, 0.25) is 0 Å². The first-order valence-electron chi connectivity index (χ1n) is 4.03. The second-order valence-corrected chi connectivity index (χ2v) is 3.28. The molecule has 64 valence electrons. The summed E-state index contributed by atoms with van der Waals surface area (Å²) in [6.45, 7) is 10.7. The van der Waals surface area contributed by atoms with E-state index >= 15 is 0 Å². The molecule has 0 radical (unpaired) electrons. The maximum atomic E-state index is 5.54. The summed E-state index contributed by atoms with van der Waals surface area (Å²) in [7, 11) is 0. The molecule has 1 saturated heterocycles. The van der Waals surface area contributed by atoms with E-state index in [2.05, 4.69) is 13.5 Å². The van der Waals surface area contributed by atoms with Crippen molar-refractivity contribution in [3.8, 4) is 0 Å². The van der Waals surface area contributed by atoms with Gasteiger partial charge in [-0.25, -0.2) is 0 Å². The van der Waals surface area contributed by atoms with Crippen LogP contribution in [0.15, 0.2) is 12.2 Å². The van der Waals surface area contributed by atoms with Crippen molar-refractivity contribution in [2.75, 3.05) is 6.61 Å². The third-order valence-corrected chi connectivity index (χ3v) is 1.93. The molecule has 0 aliphatic carbocycles. The van der Waals surface area contributed by atoms with Gasteiger partial charge < -0.3 is 9.47 Å². The van der Waals surface area contributed by atoms with Gasteiger partial charge in [-0.15, -0.1) is 0 Å². The van der Waals surface area contributed by atoms with Crippen molar-refractivity contribution >= 4 is 0 Å². The van der Waals surface area contributed by atoms with Gasteiger partial charge in [0.25, 0.3) is 0 Å². The molecule has 0 aromatic heterocycles. The predicted molar refractivity (Wildman–Crippen MR) is 44.3 cm³/mol. The number of hydrogen-bond acceptors (Lipinski definition) is 2. The third-order valence-electron chi connectivity index (χ3n) is 1.93. The molecule has 0 amide bonds. The summed E-state index contributed by atoms with van der Waals surface area (Å²) in [6, 6.07) is 0. The van der Waals surface area contributed by atoms with Gasteiger partial charge in [0.05, 0.1) is 12.7 Å². The molecule has 0 aromatic rings. The van der Waals surface area contributed by atoms with E-state index in [4.69, 9.17) is 9.47 Å². The largest absolute Gasteiger partial charge is 0.353 e. The summed E-state index contributed by atoms with van der Waals surface area (Å²) < 4.78 is 10.8. The van der Waals surface area contributed by atoms with Crippen LogP contribution >= 0.6 is 0 Å². The van der Waals surface area contributed by atoms with E-state index in [1.54, 1.807) is 0 Å². The van der Waals surface area contributed by atoms with E-state index in [0.29, 0.717) is 5.92 Å². The Labute approximate surface area is 68.2 Å². The van der Waals surface area contributed by atoms with Crippen LogP contribution in [0.1, 0.15) is 20.8 Å². The predicted octanol–water partition coefficient (Wildman–Crippen LogP) is 1.96. The number of hydrogen-bond donors (Lipinski definition) is 0. The minimum Gasteiger partial charge on any atom is -0.353 e. The van der Waals surface area contributed by atoms with Gasteiger partial charge in [-0.3, -0.25) is 0 Å². The molecule has 1 aliphatic rings. The lowest BCUT2D eigenvalue weighted by Crippen LogP contribution is -2.37. The quantitative estimate of drug-likeness (QED) is 0.540. The van der Waals surface area contributed by atoms with E-state index in [0.717, 1.165) is 12.2 Å². The zero-order valence-corrected chi connectivity index (χ0v) is 7.46. The molecule has 0 N–H and O–H groups in total. The molecule has 1 rings (SSSR count). The van der Waals surface area contributed by atoms with Crippen LogP contribution in [0.25, 0.3) is 0 Å². The van der Waals surface area contributed by atoms with E-state index in [1.807, 2.05) is 13.8 Å². The Hall–Kier alpha value is -0.340. The Morgan fingerprint density at radius 2 is 2.09 bits per heavy atom. The zero-order valence-electron chi connectivity index (χ0n) is 7.46. The summed E-state index contributed by atoms with van der Waals surface area (Å²) >= 11 is 0. The van der Waals surface area contributed by atoms with Crippen LogP contribution in [0.5, 0.6) is 0 Å². The second-order valence-electron chi connectivity index (χ2n) is 3.28. The van der Waals surface area contributed by atoms with E-state index in [-0.39, 0.29) is 12.4 Å². The molecule has 1 aliphatic heterocycles. The van der Waals surface area contributed by atoms with Crippen LogP contribution in [-0.4, -0.2) is 19.0 Å². The van der Waals surface area contributed by atoms with Crippen molar-refractivity contribution in [1.82, 2.24) is 0 Å². The Balaban J connectivity index is 2.54. The zero-order chi connectivity index (χ0) is 8.43. The van der Waals surface area contributed by atoms with Gasteiger partial charge in [0.15, 0.2) is 6.29 Å². The highest BCUT2D eigenvalue weighted by atomic mass is 16.7. The molecule has 2 nitrogen and oxygen atoms in total. The maximum Gasteiger partial charge on any atom is 0.155 e. The lowest BCUT2D eigenvalue weighted by molar-refractivity contribution is -0.213. The lowest BCUT2D eigenvalue weighted by atomic mass is 9.99. The summed E-state index contributed by atoms with van der Waals surface area (Å²) in [5.74, 6) is 0.434. The Kier molecular flexibility index (Phi) is 2.68. The molecule has 1 fully saturated rings. The Bertz CT molecular complexity index is 154. The fourth-order valence-electron chi connectivity index (χ4n) is 1.36. The van der Waals surface area contributed by atoms with Crippen molar-refractivity contribution < 1.29 is 9.47 Å². The standard InChI is InChI=1S/C9H16O2/c1-6(2)9-7(3)5-10-8(4)11-9/h7-9H,1,5H2,2-4H3. The van der Waals surface area contributed by atoms with Crippen LogP contribution in [0.4, 0.5) is 0 Å². The molecule has 0 bridgehead atoms. The average Bonchev–Trinajstić information content (AvgIpc) is 1.94. The molecule has 1 heterocycles. The van der Waals surface area contributed by atoms with Gasteiger partial charge >= 0.3 is 0 Å². The normalized spacial score (nSPS) is 38.6. The molecule has 0 aromatic carbocycles. The maximum absolute atomic E-state index is 5.54. The highest BCUT2D eigenvalue weighted by molar-refractivity contribution is 5.01. The van der Waals surface area contributed by atoms with E-state index in [1.165, 1.54) is 0 Å². The molecule has 11 heavy (non-hydrogen) atoms. The molecular weight excluding hydrogens is 140 g/mol. The Morgan fingerprint density at radius 3 is 2.55 bits per heavy atom. The first kappa shape index (κ1) is 8.75. The molecule has 0 saturated carbocycles. The van der Waals surface area contributed by atoms with Gasteiger partial charge in [0, 0.05) is 5.92 Å². The van der Waals surface area contributed by atoms with Gasteiger partial charge in [-0.2, -0.15) is 0 Å². The Morgan fingerprint density at radius 1 is 1.45 bits per heavy atom. The van der Waals surface area contributed by atoms with Crippen LogP contribution in [-0.2, 0) is 9.47 Å². The molecule has 3 unspecified atom stereocenters. The van der Waals surface area contributed by atoms with Crippen molar-refractivity contribution in [2.45, 2.75) is 33.2 Å². The summed E-state index contributed by atoms with van der Waals surface area (Å²) in [4.78, 5) is 0. The SMILES string of the molecule is C=C(C)C1OC(C)OCC1C. The second kappa shape index (κ2) is 3.37. The van der Waals surface area contributed by atoms with Crippen LogP contribution in [0, 0.1) is 5.92 Å². The van der Waals surface area contributed by atoms with Crippen molar-refractivity contribution in [3.05, 3.63) is 12.2 Å². The van der Waals surface area contributed by atoms with Crippen molar-refractivity contribution in [2.24, 2.45) is 5.92 Å². The minimum atomic E-state index is -0.0760. The first-order valence-corrected chi connectivity index (χ1v) is 4.03. The lowest BCUT2D eigenvalue weighted by Gasteiger charge is -2.33. The first-order chi connectivity index (χ1) is 5.11. The van der Waals surface area contributed by atoms with Crippen molar-refractivity contribution in [3.63, 3.8) is 0 Å². The summed E-state index contributed by atoms with van der Waals surface area (Å²) in [5.41, 5.74) is 1.09. The summed E-state index contributed by atoms with van der Waals surface area (Å²) in [5, 5.41) is 0. The fourth-order valence-corrected chi connectivity index (χ4v) is 1.36. The van der Waals surface area contributed by atoms with Gasteiger partial charge in [-0.05, 0) is 13.8 Å². The topological polar surface area (TPSA) is 18.5 Å². The van der Waals surface area contributed by atoms with Gasteiger partial charge in [0.2, 0.25) is 0 Å². The van der Waals surface area contributed by atoms with E-state index in [9.17, 15) is 0 Å². The monoisotopic (exact) mass is 156 g/mol. The smallest absolute Gasteiger partial charge is 0.155 e. The molecular formula is C9H16O2. The molecule has 0 spiro atoms. The number of ether oxygens (including phenoxy) is 2. The van der Waals surface area contributed by atoms with E-state index < -0.39 is 0 Å². The van der Waals surface area contributed by atoms with Gasteiger partial charge in [-0.1, -0.05) is 19.1 Å². The molecule has 3 atom stereocenters. The highest BCUT2D eigenvalue weighted by Gasteiger charge is 2.26. The minimum absolute atomic E-state index is 0.0760. The fraction of sp³-hybridized carbons (Fsp3) is 0.778. The van der Waals surface area contributed by atoms with Crippen molar-refractivity contribution in [1.29, 1.82) is 0 Å². The number of rotatable bonds is 1. The highest BCUT2D eigenvalue weighted by Crippen LogP contribution is 2.22. The molecule has 2 heteroatoms. The average molecular weight is 156 g/mol. The third kappa shape index (κ3) is 2.04.